The lowest BCUT2D eigenvalue weighted by Crippen LogP contribution is -2.13. The molecule has 0 radical (unpaired) electrons. The van der Waals surface area contributed by atoms with Crippen LogP contribution in [0.5, 0.6) is 0 Å². The molecule has 0 unspecified atom stereocenters. The summed E-state index contributed by atoms with van der Waals surface area (Å²) in [7, 11) is 0. The number of carbonyl (C=O) groups is 1. The van der Waals surface area contributed by atoms with Crippen LogP contribution in [0.1, 0.15) is 10.4 Å². The van der Waals surface area contributed by atoms with Crippen LogP contribution in [0.15, 0.2) is 34.2 Å². The zero-order valence-corrected chi connectivity index (χ0v) is 11.2. The predicted molar refractivity (Wildman–Crippen MR) is 70.9 cm³/mol. The molecule has 1 N–H and O–H groups in total. The lowest BCUT2D eigenvalue weighted by atomic mass is 10.1. The Morgan fingerprint density at radius 3 is 2.78 bits per heavy atom. The molecule has 1 aromatic carbocycles. The number of benzene rings is 1. The van der Waals surface area contributed by atoms with Crippen LogP contribution in [0.25, 0.3) is 0 Å². The van der Waals surface area contributed by atoms with Gasteiger partial charge in [-0.25, -0.2) is 4.98 Å². The molecule has 6 nitrogen and oxygen atoms in total. The molecule has 0 aliphatic rings. The van der Waals surface area contributed by atoms with Crippen molar-refractivity contribution in [3.8, 4) is 0 Å². The van der Waals surface area contributed by atoms with Crippen LogP contribution < -0.4 is 5.32 Å². The average molecular weight is 328 g/mol. The fourth-order valence-corrected chi connectivity index (χ4v) is 2.40. The van der Waals surface area contributed by atoms with Crippen molar-refractivity contribution in [2.24, 2.45) is 0 Å². The number of hydrogen-bond donors (Lipinski definition) is 1. The van der Waals surface area contributed by atoms with Crippen molar-refractivity contribution in [3.05, 3.63) is 49.9 Å². The molecule has 0 saturated carbocycles. The van der Waals surface area contributed by atoms with Gasteiger partial charge in [0, 0.05) is 6.07 Å². The standard InChI is InChI=1S/C10H6BrN3O3S/c11-8-5-12-10(18-8)13-9(15)6-3-1-2-4-7(6)14(16)17/h1-5H,(H,12,13,15). The van der Waals surface area contributed by atoms with E-state index in [1.807, 2.05) is 0 Å². The number of aromatic nitrogens is 1. The van der Waals surface area contributed by atoms with Gasteiger partial charge < -0.3 is 0 Å². The molecule has 1 heterocycles. The smallest absolute Gasteiger partial charge is 0.282 e. The Balaban J connectivity index is 2.26. The number of thiazole rings is 1. The van der Waals surface area contributed by atoms with Gasteiger partial charge >= 0.3 is 0 Å². The molecule has 0 fully saturated rings. The van der Waals surface area contributed by atoms with E-state index in [9.17, 15) is 14.9 Å². The van der Waals surface area contributed by atoms with Crippen LogP contribution >= 0.6 is 27.3 Å². The molecule has 0 aliphatic heterocycles. The predicted octanol–water partition coefficient (Wildman–Crippen LogP) is 3.07. The summed E-state index contributed by atoms with van der Waals surface area (Å²) in [5, 5.41) is 13.7. The lowest BCUT2D eigenvalue weighted by Gasteiger charge is -2.02. The highest BCUT2D eigenvalue weighted by molar-refractivity contribution is 9.11. The maximum absolute atomic E-state index is 11.9. The molecule has 18 heavy (non-hydrogen) atoms. The summed E-state index contributed by atoms with van der Waals surface area (Å²) in [4.78, 5) is 26.0. The van der Waals surface area contributed by atoms with Gasteiger partial charge in [0.1, 0.15) is 5.56 Å². The SMILES string of the molecule is O=C(Nc1ncc(Br)s1)c1ccccc1[N+](=O)[O-]. The van der Waals surface area contributed by atoms with Gasteiger partial charge in [0.05, 0.1) is 14.9 Å². The molecule has 8 heteroatoms. The molecule has 1 aromatic heterocycles. The van der Waals surface area contributed by atoms with Crippen molar-refractivity contribution in [3.63, 3.8) is 0 Å². The first kappa shape index (κ1) is 12.7. The van der Waals surface area contributed by atoms with Gasteiger partial charge in [-0.05, 0) is 22.0 Å². The summed E-state index contributed by atoms with van der Waals surface area (Å²) >= 11 is 4.44. The number of nitro benzene ring substituents is 1. The summed E-state index contributed by atoms with van der Waals surface area (Å²) in [6.45, 7) is 0. The van der Waals surface area contributed by atoms with E-state index in [1.165, 1.54) is 29.5 Å². The number of para-hydroxylation sites is 1. The molecule has 0 atom stereocenters. The van der Waals surface area contributed by atoms with Gasteiger partial charge in [-0.2, -0.15) is 0 Å². The third-order valence-electron chi connectivity index (χ3n) is 2.04. The van der Waals surface area contributed by atoms with E-state index in [1.54, 1.807) is 12.3 Å². The fourth-order valence-electron chi connectivity index (χ4n) is 1.30. The van der Waals surface area contributed by atoms with E-state index in [-0.39, 0.29) is 11.3 Å². The largest absolute Gasteiger partial charge is 0.298 e. The van der Waals surface area contributed by atoms with Crippen LogP contribution in [0, 0.1) is 10.1 Å². The summed E-state index contributed by atoms with van der Waals surface area (Å²) in [5.74, 6) is -0.552. The summed E-state index contributed by atoms with van der Waals surface area (Å²) < 4.78 is 0.764. The molecule has 2 aromatic rings. The summed E-state index contributed by atoms with van der Waals surface area (Å²) in [6.07, 6.45) is 1.54. The topological polar surface area (TPSA) is 85.1 Å². The molecule has 92 valence electrons. The minimum Gasteiger partial charge on any atom is -0.298 e. The molecule has 2 rings (SSSR count). The minimum absolute atomic E-state index is 0.00817. The Labute approximate surface area is 114 Å². The van der Waals surface area contributed by atoms with Crippen molar-refractivity contribution in [2.45, 2.75) is 0 Å². The van der Waals surface area contributed by atoms with E-state index in [0.717, 1.165) is 3.79 Å². The molecule has 0 spiro atoms. The lowest BCUT2D eigenvalue weighted by molar-refractivity contribution is -0.385. The van der Waals surface area contributed by atoms with Gasteiger partial charge in [-0.3, -0.25) is 20.2 Å². The molecule has 0 saturated heterocycles. The maximum Gasteiger partial charge on any atom is 0.282 e. The van der Waals surface area contributed by atoms with Crippen LogP contribution in [-0.2, 0) is 0 Å². The minimum atomic E-state index is -0.591. The van der Waals surface area contributed by atoms with Crippen molar-refractivity contribution >= 4 is 44.0 Å². The Morgan fingerprint density at radius 2 is 2.17 bits per heavy atom. The van der Waals surface area contributed by atoms with E-state index in [2.05, 4.69) is 26.2 Å². The molecular formula is C10H6BrN3O3S. The first-order valence-electron chi connectivity index (χ1n) is 4.74. The van der Waals surface area contributed by atoms with Crippen molar-refractivity contribution in [1.29, 1.82) is 0 Å². The quantitative estimate of drug-likeness (QED) is 0.693. The van der Waals surface area contributed by atoms with Crippen molar-refractivity contribution < 1.29 is 9.72 Å². The molecule has 1 amide bonds. The Morgan fingerprint density at radius 1 is 1.44 bits per heavy atom. The van der Waals surface area contributed by atoms with Crippen LogP contribution in [-0.4, -0.2) is 15.8 Å². The Bertz CT molecular complexity index is 614. The van der Waals surface area contributed by atoms with Gasteiger partial charge in [-0.15, -0.1) is 0 Å². The zero-order valence-electron chi connectivity index (χ0n) is 8.79. The zero-order chi connectivity index (χ0) is 13.1. The normalized spacial score (nSPS) is 10.1. The van der Waals surface area contributed by atoms with Gasteiger partial charge in [-0.1, -0.05) is 23.5 Å². The van der Waals surface area contributed by atoms with Crippen LogP contribution in [0.3, 0.4) is 0 Å². The van der Waals surface area contributed by atoms with Crippen molar-refractivity contribution in [2.75, 3.05) is 5.32 Å². The monoisotopic (exact) mass is 327 g/mol. The summed E-state index contributed by atoms with van der Waals surface area (Å²) in [5.41, 5.74) is -0.223. The van der Waals surface area contributed by atoms with Crippen LogP contribution in [0.2, 0.25) is 0 Å². The Kier molecular flexibility index (Phi) is 3.68. The van der Waals surface area contributed by atoms with E-state index in [4.69, 9.17) is 0 Å². The average Bonchev–Trinajstić information content (AvgIpc) is 2.74. The van der Waals surface area contributed by atoms with Gasteiger partial charge in [0.15, 0.2) is 5.13 Å². The highest BCUT2D eigenvalue weighted by atomic mass is 79.9. The molecule has 0 bridgehead atoms. The van der Waals surface area contributed by atoms with Crippen LogP contribution in [0.4, 0.5) is 10.8 Å². The van der Waals surface area contributed by atoms with E-state index >= 15 is 0 Å². The van der Waals surface area contributed by atoms with Gasteiger partial charge in [0.2, 0.25) is 0 Å². The van der Waals surface area contributed by atoms with Gasteiger partial charge in [0.25, 0.3) is 11.6 Å². The molecule has 0 aliphatic carbocycles. The maximum atomic E-state index is 11.9. The number of amides is 1. The molecular weight excluding hydrogens is 322 g/mol. The van der Waals surface area contributed by atoms with E-state index in [0.29, 0.717) is 5.13 Å². The number of carbonyl (C=O) groups excluding carboxylic acids is 1. The number of halogens is 1. The number of rotatable bonds is 3. The second kappa shape index (κ2) is 5.23. The van der Waals surface area contributed by atoms with Crippen molar-refractivity contribution in [1.82, 2.24) is 4.98 Å². The number of nitro groups is 1. The first-order chi connectivity index (χ1) is 8.58. The number of hydrogen-bond acceptors (Lipinski definition) is 5. The number of nitrogens with one attached hydrogen (secondary N) is 1. The summed E-state index contributed by atoms with van der Waals surface area (Å²) in [6, 6.07) is 5.76. The van der Waals surface area contributed by atoms with E-state index < -0.39 is 10.8 Å². The Hall–Kier alpha value is -1.80. The second-order valence-electron chi connectivity index (χ2n) is 3.20. The highest BCUT2D eigenvalue weighted by Gasteiger charge is 2.19. The third kappa shape index (κ3) is 2.71. The first-order valence-corrected chi connectivity index (χ1v) is 6.35. The number of anilines is 1. The highest BCUT2D eigenvalue weighted by Crippen LogP contribution is 2.25. The fraction of sp³-hybridized carbons (Fsp3) is 0. The third-order valence-corrected chi connectivity index (χ3v) is 3.43. The second-order valence-corrected chi connectivity index (χ2v) is 5.61. The number of nitrogens with zero attached hydrogens (tertiary/aromatic N) is 2.